The first kappa shape index (κ1) is 16.9. The molecule has 1 N–H and O–H groups in total. The van der Waals surface area contributed by atoms with Crippen LogP contribution in [-0.4, -0.2) is 15.5 Å². The lowest BCUT2D eigenvalue weighted by Crippen LogP contribution is -2.29. The van der Waals surface area contributed by atoms with E-state index in [4.69, 9.17) is 11.6 Å². The molecule has 1 aromatic heterocycles. The van der Waals surface area contributed by atoms with Crippen LogP contribution >= 0.6 is 11.6 Å². The Hall–Kier alpha value is -2.92. The van der Waals surface area contributed by atoms with Crippen molar-refractivity contribution in [2.24, 2.45) is 0 Å². The molecular weight excluding hydrogens is 338 g/mol. The van der Waals surface area contributed by atoms with Gasteiger partial charge in [-0.05, 0) is 31.2 Å². The number of benzene rings is 2. The van der Waals surface area contributed by atoms with E-state index in [2.05, 4.69) is 10.3 Å². The molecule has 1 heterocycles. The average molecular weight is 354 g/mol. The van der Waals surface area contributed by atoms with Crippen molar-refractivity contribution in [1.82, 2.24) is 9.55 Å². The molecular formula is C19H16ClN3O2. The van der Waals surface area contributed by atoms with Gasteiger partial charge in [-0.25, -0.2) is 4.98 Å². The Morgan fingerprint density at radius 1 is 1.12 bits per heavy atom. The Bertz CT molecular complexity index is 968. The summed E-state index contributed by atoms with van der Waals surface area (Å²) in [5.41, 5.74) is 1.65. The number of aromatic nitrogens is 2. The Balaban J connectivity index is 1.95. The maximum Gasteiger partial charge on any atom is 0.254 e. The van der Waals surface area contributed by atoms with E-state index >= 15 is 0 Å². The van der Waals surface area contributed by atoms with Crippen LogP contribution in [0.4, 0.5) is 5.69 Å². The van der Waals surface area contributed by atoms with Crippen LogP contribution in [0.1, 0.15) is 5.69 Å². The first-order chi connectivity index (χ1) is 12.0. The number of nitrogens with zero attached hydrogens (tertiary/aromatic N) is 2. The van der Waals surface area contributed by atoms with Crippen molar-refractivity contribution < 1.29 is 4.79 Å². The zero-order valence-corrected chi connectivity index (χ0v) is 14.3. The molecule has 3 aromatic rings. The van der Waals surface area contributed by atoms with Gasteiger partial charge in [0.15, 0.2) is 0 Å². The highest BCUT2D eigenvalue weighted by molar-refractivity contribution is 6.30. The lowest BCUT2D eigenvalue weighted by atomic mass is 10.2. The van der Waals surface area contributed by atoms with E-state index in [9.17, 15) is 9.59 Å². The molecule has 0 fully saturated rings. The molecule has 0 aliphatic carbocycles. The summed E-state index contributed by atoms with van der Waals surface area (Å²) in [5.74, 6) is 0.109. The minimum absolute atomic E-state index is 0.136. The van der Waals surface area contributed by atoms with Gasteiger partial charge in [0.1, 0.15) is 12.4 Å². The van der Waals surface area contributed by atoms with Gasteiger partial charge in [0, 0.05) is 28.0 Å². The van der Waals surface area contributed by atoms with Crippen LogP contribution in [0.3, 0.4) is 0 Å². The third-order valence-electron chi connectivity index (χ3n) is 3.58. The monoisotopic (exact) mass is 353 g/mol. The van der Waals surface area contributed by atoms with E-state index in [1.54, 1.807) is 43.3 Å². The van der Waals surface area contributed by atoms with Crippen LogP contribution in [0.2, 0.25) is 5.02 Å². The van der Waals surface area contributed by atoms with Gasteiger partial charge in [0.25, 0.3) is 5.56 Å². The summed E-state index contributed by atoms with van der Waals surface area (Å²) in [6.45, 7) is 1.60. The number of rotatable bonds is 4. The highest BCUT2D eigenvalue weighted by Crippen LogP contribution is 2.20. The van der Waals surface area contributed by atoms with Crippen molar-refractivity contribution in [2.45, 2.75) is 13.5 Å². The standard InChI is InChI=1S/C19H16ClN3O2/c1-13-10-18(25)23(12-17(24)22-16-8-3-2-4-9-16)19(21-13)14-6-5-7-15(20)11-14/h2-11H,12H2,1H3,(H,22,24). The van der Waals surface area contributed by atoms with Gasteiger partial charge in [-0.3, -0.25) is 14.2 Å². The highest BCUT2D eigenvalue weighted by atomic mass is 35.5. The van der Waals surface area contributed by atoms with Gasteiger partial charge in [0.05, 0.1) is 0 Å². The quantitative estimate of drug-likeness (QED) is 0.780. The van der Waals surface area contributed by atoms with E-state index in [0.29, 0.717) is 27.8 Å². The summed E-state index contributed by atoms with van der Waals surface area (Å²) in [5, 5.41) is 3.31. The molecule has 25 heavy (non-hydrogen) atoms. The van der Waals surface area contributed by atoms with Crippen molar-refractivity contribution in [3.8, 4) is 11.4 Å². The molecule has 6 heteroatoms. The summed E-state index contributed by atoms with van der Waals surface area (Å²) in [7, 11) is 0. The molecule has 0 radical (unpaired) electrons. The maximum absolute atomic E-state index is 12.4. The summed E-state index contributed by atoms with van der Waals surface area (Å²) in [6, 6.07) is 17.5. The fraction of sp³-hybridized carbons (Fsp3) is 0.105. The molecule has 2 aromatic carbocycles. The SMILES string of the molecule is Cc1cc(=O)n(CC(=O)Nc2ccccc2)c(-c2cccc(Cl)c2)n1. The summed E-state index contributed by atoms with van der Waals surface area (Å²) < 4.78 is 1.34. The smallest absolute Gasteiger partial charge is 0.254 e. The van der Waals surface area contributed by atoms with Gasteiger partial charge in [-0.15, -0.1) is 0 Å². The first-order valence-corrected chi connectivity index (χ1v) is 8.10. The van der Waals surface area contributed by atoms with Crippen LogP contribution in [0.5, 0.6) is 0 Å². The number of anilines is 1. The topological polar surface area (TPSA) is 64.0 Å². The Morgan fingerprint density at radius 2 is 1.88 bits per heavy atom. The number of para-hydroxylation sites is 1. The van der Waals surface area contributed by atoms with Gasteiger partial charge in [-0.1, -0.05) is 41.9 Å². The Kier molecular flexibility index (Phi) is 4.95. The van der Waals surface area contributed by atoms with Gasteiger partial charge in [-0.2, -0.15) is 0 Å². The number of carbonyl (C=O) groups excluding carboxylic acids is 1. The number of carbonyl (C=O) groups is 1. The third-order valence-corrected chi connectivity index (χ3v) is 3.81. The minimum atomic E-state index is -0.303. The molecule has 0 bridgehead atoms. The predicted molar refractivity (Wildman–Crippen MR) is 98.8 cm³/mol. The zero-order chi connectivity index (χ0) is 17.8. The van der Waals surface area contributed by atoms with E-state index < -0.39 is 0 Å². The second-order valence-electron chi connectivity index (χ2n) is 5.57. The third kappa shape index (κ3) is 4.14. The zero-order valence-electron chi connectivity index (χ0n) is 13.6. The lowest BCUT2D eigenvalue weighted by molar-refractivity contribution is -0.116. The Morgan fingerprint density at radius 3 is 2.60 bits per heavy atom. The highest BCUT2D eigenvalue weighted by Gasteiger charge is 2.13. The first-order valence-electron chi connectivity index (χ1n) is 7.72. The number of hydrogen-bond donors (Lipinski definition) is 1. The molecule has 0 saturated carbocycles. The predicted octanol–water partition coefficient (Wildman–Crippen LogP) is 3.51. The summed E-state index contributed by atoms with van der Waals surface area (Å²) in [6.07, 6.45) is 0. The van der Waals surface area contributed by atoms with Crippen molar-refractivity contribution in [3.63, 3.8) is 0 Å². The second kappa shape index (κ2) is 7.32. The van der Waals surface area contributed by atoms with E-state index in [1.165, 1.54) is 10.6 Å². The number of aryl methyl sites for hydroxylation is 1. The lowest BCUT2D eigenvalue weighted by Gasteiger charge is -2.13. The molecule has 5 nitrogen and oxygen atoms in total. The van der Waals surface area contributed by atoms with Gasteiger partial charge < -0.3 is 5.32 Å². The molecule has 126 valence electrons. The number of halogens is 1. The molecule has 1 amide bonds. The van der Waals surface area contributed by atoms with Gasteiger partial charge >= 0.3 is 0 Å². The fourth-order valence-electron chi connectivity index (χ4n) is 2.49. The largest absolute Gasteiger partial charge is 0.325 e. The van der Waals surface area contributed by atoms with Crippen molar-refractivity contribution >= 4 is 23.2 Å². The van der Waals surface area contributed by atoms with Crippen molar-refractivity contribution in [1.29, 1.82) is 0 Å². The van der Waals surface area contributed by atoms with Crippen LogP contribution in [0.15, 0.2) is 65.5 Å². The molecule has 0 saturated heterocycles. The second-order valence-corrected chi connectivity index (χ2v) is 6.01. The van der Waals surface area contributed by atoms with Crippen LogP contribution in [0.25, 0.3) is 11.4 Å². The molecule has 0 aliphatic rings. The van der Waals surface area contributed by atoms with Crippen molar-refractivity contribution in [3.05, 3.63) is 81.7 Å². The number of hydrogen-bond acceptors (Lipinski definition) is 3. The normalized spacial score (nSPS) is 10.5. The number of nitrogens with one attached hydrogen (secondary N) is 1. The number of amides is 1. The van der Waals surface area contributed by atoms with Crippen LogP contribution < -0.4 is 10.9 Å². The van der Waals surface area contributed by atoms with Crippen LogP contribution in [0, 0.1) is 6.92 Å². The molecule has 0 unspecified atom stereocenters. The van der Waals surface area contributed by atoms with E-state index in [1.807, 2.05) is 18.2 Å². The molecule has 0 aliphatic heterocycles. The molecule has 0 spiro atoms. The minimum Gasteiger partial charge on any atom is -0.325 e. The Labute approximate surface area is 149 Å². The molecule has 0 atom stereocenters. The van der Waals surface area contributed by atoms with E-state index in [0.717, 1.165) is 0 Å². The molecule has 3 rings (SSSR count). The summed E-state index contributed by atoms with van der Waals surface area (Å²) >= 11 is 6.05. The maximum atomic E-state index is 12.4. The van der Waals surface area contributed by atoms with Crippen LogP contribution in [-0.2, 0) is 11.3 Å². The van der Waals surface area contributed by atoms with Gasteiger partial charge in [0.2, 0.25) is 5.91 Å². The van der Waals surface area contributed by atoms with E-state index in [-0.39, 0.29) is 18.0 Å². The average Bonchev–Trinajstić information content (AvgIpc) is 2.58. The fourth-order valence-corrected chi connectivity index (χ4v) is 2.68. The summed E-state index contributed by atoms with van der Waals surface area (Å²) in [4.78, 5) is 29.2. The van der Waals surface area contributed by atoms with Crippen molar-refractivity contribution in [2.75, 3.05) is 5.32 Å².